The maximum absolute atomic E-state index is 14.0. The van der Waals surface area contributed by atoms with Crippen LogP contribution in [0.3, 0.4) is 0 Å². The van der Waals surface area contributed by atoms with Crippen molar-refractivity contribution in [2.45, 2.75) is 42.9 Å². The Hall–Kier alpha value is -1.63. The molecule has 0 radical (unpaired) electrons. The molecule has 3 rings (SSSR count). The summed E-state index contributed by atoms with van der Waals surface area (Å²) in [5.74, 6) is -1.54. The number of rotatable bonds is 5. The van der Waals surface area contributed by atoms with Crippen molar-refractivity contribution in [1.29, 1.82) is 0 Å². The van der Waals surface area contributed by atoms with Gasteiger partial charge in [0.15, 0.2) is 0 Å². The first-order chi connectivity index (χ1) is 11.0. The normalized spacial score (nSPS) is 24.1. The van der Waals surface area contributed by atoms with E-state index in [0.717, 1.165) is 18.9 Å². The van der Waals surface area contributed by atoms with Crippen molar-refractivity contribution in [2.75, 3.05) is 6.54 Å². The van der Waals surface area contributed by atoms with Crippen molar-refractivity contribution >= 4 is 23.6 Å². The first-order valence-electron chi connectivity index (χ1n) is 7.66. The second-order valence-corrected chi connectivity index (χ2v) is 7.35. The monoisotopic (exact) mass is 340 g/mol. The fraction of sp³-hybridized carbons (Fsp3) is 0.500. The molecular formula is C16H18F2N2O2S. The van der Waals surface area contributed by atoms with Gasteiger partial charge in [-0.2, -0.15) is 0 Å². The van der Waals surface area contributed by atoms with E-state index in [0.29, 0.717) is 0 Å². The molecule has 0 aromatic heterocycles. The Kier molecular flexibility index (Phi) is 4.57. The molecule has 1 N–H and O–H groups in total. The van der Waals surface area contributed by atoms with Crippen molar-refractivity contribution in [3.63, 3.8) is 0 Å². The minimum Gasteiger partial charge on any atom is -0.353 e. The molecule has 1 aromatic carbocycles. The molecule has 124 valence electrons. The van der Waals surface area contributed by atoms with E-state index in [1.54, 1.807) is 6.92 Å². The Morgan fingerprint density at radius 2 is 2.13 bits per heavy atom. The highest BCUT2D eigenvalue weighted by Crippen LogP contribution is 2.43. The summed E-state index contributed by atoms with van der Waals surface area (Å²) in [6, 6.07) is 3.65. The second kappa shape index (κ2) is 6.47. The van der Waals surface area contributed by atoms with Crippen LogP contribution in [-0.4, -0.2) is 34.6 Å². The molecule has 0 unspecified atom stereocenters. The van der Waals surface area contributed by atoms with E-state index in [-0.39, 0.29) is 41.6 Å². The van der Waals surface area contributed by atoms with Crippen LogP contribution in [0.5, 0.6) is 0 Å². The standard InChI is InChI=1S/C16H18F2N2O2S/c1-9-15(22)20(7-6-14(21)19-11-3-4-11)16(23-9)12-5-2-10(17)8-13(12)18/h2,5,8-9,11,16H,3-4,6-7H2,1H3,(H,19,21)/t9-,16-/m0/s1. The van der Waals surface area contributed by atoms with Crippen LogP contribution in [0.15, 0.2) is 18.2 Å². The third-order valence-corrected chi connectivity index (χ3v) is 5.37. The summed E-state index contributed by atoms with van der Waals surface area (Å²) in [5.41, 5.74) is 0.275. The number of hydrogen-bond donors (Lipinski definition) is 1. The number of carbonyl (C=O) groups is 2. The summed E-state index contributed by atoms with van der Waals surface area (Å²) in [5, 5.41) is 2.04. The Morgan fingerprint density at radius 1 is 1.39 bits per heavy atom. The van der Waals surface area contributed by atoms with Gasteiger partial charge < -0.3 is 10.2 Å². The van der Waals surface area contributed by atoms with E-state index in [4.69, 9.17) is 0 Å². The molecule has 23 heavy (non-hydrogen) atoms. The molecule has 2 amide bonds. The van der Waals surface area contributed by atoms with E-state index in [2.05, 4.69) is 5.32 Å². The number of nitrogens with zero attached hydrogens (tertiary/aromatic N) is 1. The Bertz CT molecular complexity index is 637. The van der Waals surface area contributed by atoms with Crippen LogP contribution in [0.25, 0.3) is 0 Å². The van der Waals surface area contributed by atoms with Gasteiger partial charge in [-0.3, -0.25) is 9.59 Å². The van der Waals surface area contributed by atoms with Gasteiger partial charge in [0.1, 0.15) is 17.0 Å². The zero-order valence-corrected chi connectivity index (χ0v) is 13.5. The van der Waals surface area contributed by atoms with Gasteiger partial charge in [-0.1, -0.05) is 6.07 Å². The highest BCUT2D eigenvalue weighted by Gasteiger charge is 2.39. The maximum atomic E-state index is 14.0. The summed E-state index contributed by atoms with van der Waals surface area (Å²) in [4.78, 5) is 25.6. The predicted molar refractivity (Wildman–Crippen MR) is 83.6 cm³/mol. The predicted octanol–water partition coefficient (Wildman–Crippen LogP) is 2.60. The molecule has 1 saturated carbocycles. The zero-order chi connectivity index (χ0) is 16.6. The summed E-state index contributed by atoms with van der Waals surface area (Å²) in [7, 11) is 0. The lowest BCUT2D eigenvalue weighted by atomic mass is 10.1. The Balaban J connectivity index is 1.71. The number of halogens is 2. The molecule has 1 saturated heterocycles. The van der Waals surface area contributed by atoms with Gasteiger partial charge >= 0.3 is 0 Å². The van der Waals surface area contributed by atoms with Gasteiger partial charge in [0.05, 0.1) is 5.25 Å². The second-order valence-electron chi connectivity index (χ2n) is 5.92. The van der Waals surface area contributed by atoms with E-state index >= 15 is 0 Å². The molecule has 1 aromatic rings. The average molecular weight is 340 g/mol. The number of amides is 2. The summed E-state index contributed by atoms with van der Waals surface area (Å²) in [6.07, 6.45) is 2.20. The van der Waals surface area contributed by atoms with Crippen molar-refractivity contribution in [3.05, 3.63) is 35.4 Å². The molecule has 7 heteroatoms. The van der Waals surface area contributed by atoms with Crippen LogP contribution in [0.2, 0.25) is 0 Å². The number of nitrogens with one attached hydrogen (secondary N) is 1. The Labute approximate surface area is 137 Å². The van der Waals surface area contributed by atoms with Gasteiger partial charge in [-0.15, -0.1) is 11.8 Å². The topological polar surface area (TPSA) is 49.4 Å². The fourth-order valence-electron chi connectivity index (χ4n) is 2.59. The molecule has 2 aliphatic rings. The van der Waals surface area contributed by atoms with Crippen LogP contribution >= 0.6 is 11.8 Å². The van der Waals surface area contributed by atoms with Crippen LogP contribution in [-0.2, 0) is 9.59 Å². The minimum atomic E-state index is -0.670. The highest BCUT2D eigenvalue weighted by atomic mass is 32.2. The first kappa shape index (κ1) is 16.2. The third-order valence-electron chi connectivity index (χ3n) is 4.00. The summed E-state index contributed by atoms with van der Waals surface area (Å²) < 4.78 is 27.1. The maximum Gasteiger partial charge on any atom is 0.236 e. The lowest BCUT2D eigenvalue weighted by Crippen LogP contribution is -2.35. The van der Waals surface area contributed by atoms with Crippen molar-refractivity contribution in [3.8, 4) is 0 Å². The van der Waals surface area contributed by atoms with Crippen LogP contribution in [0.1, 0.15) is 37.1 Å². The molecule has 1 aliphatic heterocycles. The number of benzene rings is 1. The number of thioether (sulfide) groups is 1. The lowest BCUT2D eigenvalue weighted by Gasteiger charge is -2.24. The smallest absolute Gasteiger partial charge is 0.236 e. The highest BCUT2D eigenvalue weighted by molar-refractivity contribution is 8.01. The molecule has 4 nitrogen and oxygen atoms in total. The third kappa shape index (κ3) is 3.65. The number of carbonyl (C=O) groups excluding carboxylic acids is 2. The molecule has 1 aliphatic carbocycles. The molecule has 2 fully saturated rings. The zero-order valence-electron chi connectivity index (χ0n) is 12.7. The van der Waals surface area contributed by atoms with E-state index in [1.807, 2.05) is 0 Å². The van der Waals surface area contributed by atoms with Gasteiger partial charge in [-0.25, -0.2) is 8.78 Å². The summed E-state index contributed by atoms with van der Waals surface area (Å²) >= 11 is 1.31. The molecular weight excluding hydrogens is 322 g/mol. The van der Waals surface area contributed by atoms with Crippen molar-refractivity contribution in [1.82, 2.24) is 10.2 Å². The molecule has 2 atom stereocenters. The molecule has 0 spiro atoms. The molecule has 0 bridgehead atoms. The van der Waals surface area contributed by atoms with Gasteiger partial charge in [0, 0.05) is 30.6 Å². The van der Waals surface area contributed by atoms with Crippen LogP contribution < -0.4 is 5.32 Å². The largest absolute Gasteiger partial charge is 0.353 e. The van der Waals surface area contributed by atoms with Gasteiger partial charge in [-0.05, 0) is 25.8 Å². The van der Waals surface area contributed by atoms with Crippen molar-refractivity contribution < 1.29 is 18.4 Å². The van der Waals surface area contributed by atoms with Crippen molar-refractivity contribution in [2.24, 2.45) is 0 Å². The van der Waals surface area contributed by atoms with Crippen LogP contribution in [0.4, 0.5) is 8.78 Å². The van der Waals surface area contributed by atoms with Gasteiger partial charge in [0.25, 0.3) is 0 Å². The van der Waals surface area contributed by atoms with Crippen LogP contribution in [0, 0.1) is 11.6 Å². The quantitative estimate of drug-likeness (QED) is 0.896. The van der Waals surface area contributed by atoms with E-state index in [9.17, 15) is 18.4 Å². The lowest BCUT2D eigenvalue weighted by molar-refractivity contribution is -0.130. The minimum absolute atomic E-state index is 0.0943. The van der Waals surface area contributed by atoms with E-state index < -0.39 is 17.0 Å². The Morgan fingerprint density at radius 3 is 2.78 bits per heavy atom. The summed E-state index contributed by atoms with van der Waals surface area (Å²) in [6.45, 7) is 1.99. The first-order valence-corrected chi connectivity index (χ1v) is 8.60. The van der Waals surface area contributed by atoms with E-state index in [1.165, 1.54) is 28.8 Å². The fourth-order valence-corrected chi connectivity index (χ4v) is 3.93. The average Bonchev–Trinajstić information content (AvgIpc) is 3.25. The number of hydrogen-bond acceptors (Lipinski definition) is 3. The van der Waals surface area contributed by atoms with Gasteiger partial charge in [0.2, 0.25) is 11.8 Å². The molecule has 1 heterocycles. The SMILES string of the molecule is C[C@@H]1S[C@@H](c2ccc(F)cc2F)N(CCC(=O)NC2CC2)C1=O.